The molecule has 0 bridgehead atoms. The lowest BCUT2D eigenvalue weighted by Crippen LogP contribution is -2.16. The van der Waals surface area contributed by atoms with Crippen molar-refractivity contribution in [1.29, 1.82) is 5.26 Å². The number of rotatable bonds is 13. The second-order valence-corrected chi connectivity index (χ2v) is 5.40. The lowest BCUT2D eigenvalue weighted by atomic mass is 10.0. The zero-order chi connectivity index (χ0) is 15.1. The molecule has 0 aliphatic heterocycles. The van der Waals surface area contributed by atoms with Gasteiger partial charge in [-0.15, -0.1) is 0 Å². The summed E-state index contributed by atoms with van der Waals surface area (Å²) >= 11 is 0. The third-order valence-corrected chi connectivity index (χ3v) is 3.57. The molecule has 0 unspecified atom stereocenters. The molecule has 0 N–H and O–H groups in total. The molecule has 3 heteroatoms. The fourth-order valence-corrected chi connectivity index (χ4v) is 2.31. The number of ether oxygens (including phenoxy) is 1. The minimum atomic E-state index is -0.566. The first-order valence-electron chi connectivity index (χ1n) is 8.32. The SMILES string of the molecule is CCCCCCCCCCCC[C@H](C#N)C(=O)OCC. The van der Waals surface area contributed by atoms with Crippen LogP contribution < -0.4 is 0 Å². The van der Waals surface area contributed by atoms with Crippen LogP contribution in [0.3, 0.4) is 0 Å². The van der Waals surface area contributed by atoms with Crippen LogP contribution in [-0.4, -0.2) is 12.6 Å². The zero-order valence-electron chi connectivity index (χ0n) is 13.3. The molecule has 116 valence electrons. The second kappa shape index (κ2) is 14.4. The summed E-state index contributed by atoms with van der Waals surface area (Å²) in [5, 5.41) is 8.92. The fourth-order valence-electron chi connectivity index (χ4n) is 2.31. The smallest absolute Gasteiger partial charge is 0.323 e. The van der Waals surface area contributed by atoms with Crippen molar-refractivity contribution >= 4 is 5.97 Å². The lowest BCUT2D eigenvalue weighted by Gasteiger charge is -2.07. The lowest BCUT2D eigenvalue weighted by molar-refractivity contribution is -0.146. The first-order chi connectivity index (χ1) is 9.76. The summed E-state index contributed by atoms with van der Waals surface area (Å²) in [5.74, 6) is -0.921. The predicted molar refractivity (Wildman–Crippen MR) is 82.2 cm³/mol. The highest BCUT2D eigenvalue weighted by molar-refractivity contribution is 5.75. The van der Waals surface area contributed by atoms with E-state index in [9.17, 15) is 4.79 Å². The van der Waals surface area contributed by atoms with E-state index in [0.29, 0.717) is 13.0 Å². The Hall–Kier alpha value is -1.04. The Bertz CT molecular complexity index is 271. The fraction of sp³-hybridized carbons (Fsp3) is 0.882. The van der Waals surface area contributed by atoms with Gasteiger partial charge in [0.05, 0.1) is 12.7 Å². The molecule has 0 rings (SSSR count). The van der Waals surface area contributed by atoms with Crippen LogP contribution in [0.4, 0.5) is 0 Å². The van der Waals surface area contributed by atoms with Crippen LogP contribution in [0.25, 0.3) is 0 Å². The molecule has 0 fully saturated rings. The highest BCUT2D eigenvalue weighted by atomic mass is 16.5. The first kappa shape index (κ1) is 19.0. The van der Waals surface area contributed by atoms with Crippen molar-refractivity contribution < 1.29 is 9.53 Å². The largest absolute Gasteiger partial charge is 0.465 e. The number of carbonyl (C=O) groups is 1. The normalized spacial score (nSPS) is 11.8. The number of esters is 1. The quantitative estimate of drug-likeness (QED) is 0.352. The van der Waals surface area contributed by atoms with Crippen LogP contribution in [0.1, 0.15) is 84.5 Å². The molecule has 0 aliphatic rings. The Kier molecular flexibility index (Phi) is 13.6. The Morgan fingerprint density at radius 1 is 0.950 bits per heavy atom. The monoisotopic (exact) mass is 281 g/mol. The summed E-state index contributed by atoms with van der Waals surface area (Å²) < 4.78 is 4.88. The van der Waals surface area contributed by atoms with Crippen LogP contribution in [0.5, 0.6) is 0 Å². The molecule has 0 spiro atoms. The molecular weight excluding hydrogens is 250 g/mol. The summed E-state index contributed by atoms with van der Waals surface area (Å²) in [6, 6.07) is 2.04. The molecule has 0 aromatic heterocycles. The van der Waals surface area contributed by atoms with Crippen LogP contribution in [0.15, 0.2) is 0 Å². The van der Waals surface area contributed by atoms with Gasteiger partial charge in [0.25, 0.3) is 0 Å². The number of nitriles is 1. The van der Waals surface area contributed by atoms with E-state index in [2.05, 4.69) is 6.92 Å². The Morgan fingerprint density at radius 3 is 1.90 bits per heavy atom. The van der Waals surface area contributed by atoms with Gasteiger partial charge >= 0.3 is 5.97 Å². The number of hydrogen-bond acceptors (Lipinski definition) is 3. The highest BCUT2D eigenvalue weighted by Crippen LogP contribution is 2.14. The van der Waals surface area contributed by atoms with E-state index in [1.807, 2.05) is 6.07 Å². The summed E-state index contributed by atoms with van der Waals surface area (Å²) in [6.07, 6.45) is 13.3. The molecule has 0 aliphatic carbocycles. The van der Waals surface area contributed by atoms with Crippen molar-refractivity contribution in [1.82, 2.24) is 0 Å². The van der Waals surface area contributed by atoms with Crippen molar-refractivity contribution in [3.63, 3.8) is 0 Å². The molecule has 0 saturated carbocycles. The van der Waals surface area contributed by atoms with Crippen molar-refractivity contribution in [2.75, 3.05) is 6.61 Å². The third-order valence-electron chi connectivity index (χ3n) is 3.57. The van der Waals surface area contributed by atoms with E-state index < -0.39 is 5.92 Å². The molecule has 0 heterocycles. The van der Waals surface area contributed by atoms with Gasteiger partial charge < -0.3 is 4.74 Å². The maximum absolute atomic E-state index is 11.4. The van der Waals surface area contributed by atoms with Gasteiger partial charge in [-0.2, -0.15) is 5.26 Å². The first-order valence-corrected chi connectivity index (χ1v) is 8.32. The average Bonchev–Trinajstić information content (AvgIpc) is 2.45. The van der Waals surface area contributed by atoms with Crippen molar-refractivity contribution in [2.45, 2.75) is 84.5 Å². The van der Waals surface area contributed by atoms with Gasteiger partial charge in [-0.05, 0) is 13.3 Å². The van der Waals surface area contributed by atoms with Gasteiger partial charge in [0, 0.05) is 0 Å². The third kappa shape index (κ3) is 10.8. The molecule has 0 saturated heterocycles. The van der Waals surface area contributed by atoms with E-state index in [1.165, 1.54) is 51.4 Å². The summed E-state index contributed by atoms with van der Waals surface area (Å²) in [7, 11) is 0. The Balaban J connectivity index is 3.38. The van der Waals surface area contributed by atoms with Gasteiger partial charge in [-0.1, -0.05) is 71.1 Å². The van der Waals surface area contributed by atoms with Gasteiger partial charge in [-0.3, -0.25) is 4.79 Å². The van der Waals surface area contributed by atoms with Crippen molar-refractivity contribution in [3.8, 4) is 6.07 Å². The van der Waals surface area contributed by atoms with E-state index in [1.54, 1.807) is 6.92 Å². The van der Waals surface area contributed by atoms with Crippen LogP contribution in [-0.2, 0) is 9.53 Å². The minimum Gasteiger partial charge on any atom is -0.465 e. The number of hydrogen-bond donors (Lipinski definition) is 0. The van der Waals surface area contributed by atoms with Crippen LogP contribution >= 0.6 is 0 Å². The van der Waals surface area contributed by atoms with Gasteiger partial charge in [0.1, 0.15) is 5.92 Å². The topological polar surface area (TPSA) is 50.1 Å². The van der Waals surface area contributed by atoms with E-state index in [-0.39, 0.29) is 5.97 Å². The Labute approximate surface area is 124 Å². The van der Waals surface area contributed by atoms with Crippen LogP contribution in [0, 0.1) is 17.2 Å². The zero-order valence-corrected chi connectivity index (χ0v) is 13.3. The summed E-state index contributed by atoms with van der Waals surface area (Å²) in [5.41, 5.74) is 0. The molecule has 20 heavy (non-hydrogen) atoms. The van der Waals surface area contributed by atoms with Crippen molar-refractivity contribution in [3.05, 3.63) is 0 Å². The maximum atomic E-state index is 11.4. The molecule has 0 aromatic carbocycles. The van der Waals surface area contributed by atoms with Crippen LogP contribution in [0.2, 0.25) is 0 Å². The number of unbranched alkanes of at least 4 members (excludes halogenated alkanes) is 9. The molecule has 0 radical (unpaired) electrons. The molecule has 0 aromatic rings. The second-order valence-electron chi connectivity index (χ2n) is 5.40. The van der Waals surface area contributed by atoms with Gasteiger partial charge in [0.15, 0.2) is 0 Å². The van der Waals surface area contributed by atoms with E-state index in [0.717, 1.165) is 12.8 Å². The molecule has 0 amide bonds. The summed E-state index contributed by atoms with van der Waals surface area (Å²) in [6.45, 7) is 4.37. The molecule has 3 nitrogen and oxygen atoms in total. The molecular formula is C17H31NO2. The highest BCUT2D eigenvalue weighted by Gasteiger charge is 2.17. The predicted octanol–water partition coefficient (Wildman–Crippen LogP) is 5.00. The van der Waals surface area contributed by atoms with Gasteiger partial charge in [0.2, 0.25) is 0 Å². The number of carbonyl (C=O) groups excluding carboxylic acids is 1. The maximum Gasteiger partial charge on any atom is 0.323 e. The van der Waals surface area contributed by atoms with E-state index in [4.69, 9.17) is 10.00 Å². The average molecular weight is 281 g/mol. The van der Waals surface area contributed by atoms with E-state index >= 15 is 0 Å². The van der Waals surface area contributed by atoms with Gasteiger partial charge in [-0.25, -0.2) is 0 Å². The Morgan fingerprint density at radius 2 is 1.45 bits per heavy atom. The standard InChI is InChI=1S/C17H31NO2/c1-3-5-6-7-8-9-10-11-12-13-14-16(15-18)17(19)20-4-2/h16H,3-14H2,1-2H3/t16-/m1/s1. The summed E-state index contributed by atoms with van der Waals surface area (Å²) in [4.78, 5) is 11.4. The number of nitrogens with zero attached hydrogens (tertiary/aromatic N) is 1. The minimum absolute atomic E-state index is 0.356. The van der Waals surface area contributed by atoms with Crippen molar-refractivity contribution in [2.24, 2.45) is 5.92 Å². The molecule has 1 atom stereocenters.